The molecule has 3 heterocycles. The van der Waals surface area contributed by atoms with E-state index in [2.05, 4.69) is 10.3 Å². The number of furan rings is 1. The molecule has 0 saturated heterocycles. The number of aromatic nitrogens is 2. The van der Waals surface area contributed by atoms with E-state index in [0.717, 1.165) is 16.2 Å². The summed E-state index contributed by atoms with van der Waals surface area (Å²) in [4.78, 5) is 17.8. The number of thiazole rings is 1. The van der Waals surface area contributed by atoms with Crippen molar-refractivity contribution in [1.82, 2.24) is 14.7 Å². The number of rotatable bonds is 5. The van der Waals surface area contributed by atoms with E-state index in [1.165, 1.54) is 0 Å². The molecule has 1 atom stereocenters. The smallest absolute Gasteiger partial charge is 0.226 e. The van der Waals surface area contributed by atoms with Gasteiger partial charge in [0, 0.05) is 17.8 Å². The third-order valence-corrected chi connectivity index (χ3v) is 4.52. The maximum absolute atomic E-state index is 12.5. The SMILES string of the molecule is O=C(Cc1cn2ccsc2n1)NC(c1ccccc1)c1ccco1. The Labute approximate surface area is 142 Å². The van der Waals surface area contributed by atoms with E-state index in [1.54, 1.807) is 17.6 Å². The van der Waals surface area contributed by atoms with Crippen molar-refractivity contribution >= 4 is 22.2 Å². The van der Waals surface area contributed by atoms with E-state index in [0.29, 0.717) is 5.76 Å². The Morgan fingerprint density at radius 3 is 2.88 bits per heavy atom. The van der Waals surface area contributed by atoms with Gasteiger partial charge in [-0.25, -0.2) is 4.98 Å². The van der Waals surface area contributed by atoms with Crippen LogP contribution in [0.5, 0.6) is 0 Å². The van der Waals surface area contributed by atoms with Gasteiger partial charge >= 0.3 is 0 Å². The van der Waals surface area contributed by atoms with Crippen LogP contribution in [0.4, 0.5) is 0 Å². The van der Waals surface area contributed by atoms with Crippen LogP contribution in [-0.2, 0) is 11.2 Å². The molecule has 1 N–H and O–H groups in total. The lowest BCUT2D eigenvalue weighted by Gasteiger charge is -2.17. The maximum Gasteiger partial charge on any atom is 0.226 e. The standard InChI is InChI=1S/C18H15N3O2S/c22-16(11-14-12-21-8-10-24-18(21)19-14)20-17(15-7-4-9-23-15)13-5-2-1-3-6-13/h1-10,12,17H,11H2,(H,20,22). The van der Waals surface area contributed by atoms with E-state index in [4.69, 9.17) is 4.42 Å². The highest BCUT2D eigenvalue weighted by Gasteiger charge is 2.20. The van der Waals surface area contributed by atoms with Gasteiger partial charge in [0.05, 0.1) is 18.4 Å². The zero-order chi connectivity index (χ0) is 16.4. The van der Waals surface area contributed by atoms with Crippen molar-refractivity contribution in [2.45, 2.75) is 12.5 Å². The molecule has 1 aromatic carbocycles. The van der Waals surface area contributed by atoms with Crippen molar-refractivity contribution in [2.24, 2.45) is 0 Å². The molecule has 0 aliphatic heterocycles. The summed E-state index contributed by atoms with van der Waals surface area (Å²) in [7, 11) is 0. The van der Waals surface area contributed by atoms with E-state index >= 15 is 0 Å². The zero-order valence-corrected chi connectivity index (χ0v) is 13.6. The van der Waals surface area contributed by atoms with Crippen molar-refractivity contribution in [1.29, 1.82) is 0 Å². The normalized spacial score (nSPS) is 12.3. The molecule has 24 heavy (non-hydrogen) atoms. The van der Waals surface area contributed by atoms with Crippen molar-refractivity contribution in [3.8, 4) is 0 Å². The van der Waals surface area contributed by atoms with Crippen molar-refractivity contribution in [3.05, 3.63) is 83.5 Å². The molecule has 1 unspecified atom stereocenters. The molecule has 0 aliphatic carbocycles. The van der Waals surface area contributed by atoms with Crippen LogP contribution in [0.1, 0.15) is 23.1 Å². The van der Waals surface area contributed by atoms with Crippen LogP contribution in [0, 0.1) is 0 Å². The molecule has 4 aromatic rings. The second-order valence-electron chi connectivity index (χ2n) is 5.43. The third kappa shape index (κ3) is 2.96. The summed E-state index contributed by atoms with van der Waals surface area (Å²) in [6.07, 6.45) is 5.67. The first kappa shape index (κ1) is 14.7. The number of hydrogen-bond donors (Lipinski definition) is 1. The summed E-state index contributed by atoms with van der Waals surface area (Å²) in [5.41, 5.74) is 1.73. The number of fused-ring (bicyclic) bond motifs is 1. The largest absolute Gasteiger partial charge is 0.467 e. The van der Waals surface area contributed by atoms with Crippen molar-refractivity contribution in [3.63, 3.8) is 0 Å². The van der Waals surface area contributed by atoms with Gasteiger partial charge in [0.1, 0.15) is 11.8 Å². The molecule has 6 heteroatoms. The molecule has 0 bridgehead atoms. The van der Waals surface area contributed by atoms with Gasteiger partial charge in [0.15, 0.2) is 4.96 Å². The first-order valence-corrected chi connectivity index (χ1v) is 8.46. The second kappa shape index (κ2) is 6.33. The van der Waals surface area contributed by atoms with Gasteiger partial charge in [-0.15, -0.1) is 11.3 Å². The summed E-state index contributed by atoms with van der Waals surface area (Å²) in [5.74, 6) is 0.617. The maximum atomic E-state index is 12.5. The van der Waals surface area contributed by atoms with Crippen LogP contribution in [0.2, 0.25) is 0 Å². The number of imidazole rings is 1. The molecule has 120 valence electrons. The fraction of sp³-hybridized carbons (Fsp3) is 0.111. The molecule has 3 aromatic heterocycles. The van der Waals surface area contributed by atoms with Gasteiger partial charge in [-0.3, -0.25) is 9.20 Å². The summed E-state index contributed by atoms with van der Waals surface area (Å²) >= 11 is 1.55. The van der Waals surface area contributed by atoms with Gasteiger partial charge in [-0.2, -0.15) is 0 Å². The lowest BCUT2D eigenvalue weighted by molar-refractivity contribution is -0.121. The predicted octanol–water partition coefficient (Wildman–Crippen LogP) is 3.44. The Hall–Kier alpha value is -2.86. The first-order chi connectivity index (χ1) is 11.8. The molecular weight excluding hydrogens is 322 g/mol. The Morgan fingerprint density at radius 1 is 1.25 bits per heavy atom. The first-order valence-electron chi connectivity index (χ1n) is 7.58. The van der Waals surface area contributed by atoms with Crippen LogP contribution in [0.25, 0.3) is 4.96 Å². The molecular formula is C18H15N3O2S. The van der Waals surface area contributed by atoms with Crippen LogP contribution < -0.4 is 5.32 Å². The average molecular weight is 337 g/mol. The zero-order valence-electron chi connectivity index (χ0n) is 12.8. The molecule has 0 aliphatic rings. The highest BCUT2D eigenvalue weighted by Crippen LogP contribution is 2.22. The Balaban J connectivity index is 1.53. The number of carbonyl (C=O) groups excluding carboxylic acids is 1. The molecule has 0 spiro atoms. The van der Waals surface area contributed by atoms with Crippen molar-refractivity contribution < 1.29 is 9.21 Å². The fourth-order valence-corrected chi connectivity index (χ4v) is 3.38. The van der Waals surface area contributed by atoms with Crippen molar-refractivity contribution in [2.75, 3.05) is 0 Å². The topological polar surface area (TPSA) is 59.5 Å². The molecule has 0 saturated carbocycles. The summed E-state index contributed by atoms with van der Waals surface area (Å²) in [6.45, 7) is 0. The summed E-state index contributed by atoms with van der Waals surface area (Å²) in [6, 6.07) is 13.2. The predicted molar refractivity (Wildman–Crippen MR) is 91.9 cm³/mol. The second-order valence-corrected chi connectivity index (χ2v) is 6.30. The highest BCUT2D eigenvalue weighted by molar-refractivity contribution is 7.15. The molecule has 1 amide bonds. The number of hydrogen-bond acceptors (Lipinski definition) is 4. The number of carbonyl (C=O) groups is 1. The average Bonchev–Trinajstić information content (AvgIpc) is 3.30. The number of benzene rings is 1. The summed E-state index contributed by atoms with van der Waals surface area (Å²) in [5, 5.41) is 5.01. The van der Waals surface area contributed by atoms with Crippen LogP contribution in [0.3, 0.4) is 0 Å². The molecule has 4 rings (SSSR count). The number of nitrogens with zero attached hydrogens (tertiary/aromatic N) is 2. The van der Waals surface area contributed by atoms with Gasteiger partial charge in [0.2, 0.25) is 5.91 Å². The highest BCUT2D eigenvalue weighted by atomic mass is 32.1. The lowest BCUT2D eigenvalue weighted by atomic mass is 10.0. The fourth-order valence-electron chi connectivity index (χ4n) is 2.66. The number of amides is 1. The quantitative estimate of drug-likeness (QED) is 0.607. The third-order valence-electron chi connectivity index (χ3n) is 3.75. The molecule has 0 fully saturated rings. The minimum atomic E-state index is -0.308. The minimum Gasteiger partial charge on any atom is -0.467 e. The Kier molecular flexibility index (Phi) is 3.88. The van der Waals surface area contributed by atoms with Crippen LogP contribution in [-0.4, -0.2) is 15.3 Å². The summed E-state index contributed by atoms with van der Waals surface area (Å²) < 4.78 is 7.43. The van der Waals surface area contributed by atoms with Gasteiger partial charge < -0.3 is 9.73 Å². The number of nitrogens with one attached hydrogen (secondary N) is 1. The van der Waals surface area contributed by atoms with Crippen LogP contribution in [0.15, 0.2) is 70.9 Å². The van der Waals surface area contributed by atoms with E-state index < -0.39 is 0 Å². The van der Waals surface area contributed by atoms with Crippen LogP contribution >= 0.6 is 11.3 Å². The van der Waals surface area contributed by atoms with Gasteiger partial charge in [0.25, 0.3) is 0 Å². The molecule has 0 radical (unpaired) electrons. The van der Waals surface area contributed by atoms with E-state index in [9.17, 15) is 4.79 Å². The van der Waals surface area contributed by atoms with E-state index in [1.807, 2.05) is 64.6 Å². The minimum absolute atomic E-state index is 0.0917. The van der Waals surface area contributed by atoms with Gasteiger partial charge in [-0.05, 0) is 17.7 Å². The molecule has 5 nitrogen and oxygen atoms in total. The Bertz CT molecular complexity index is 913. The lowest BCUT2D eigenvalue weighted by Crippen LogP contribution is -2.30. The van der Waals surface area contributed by atoms with E-state index in [-0.39, 0.29) is 18.4 Å². The van der Waals surface area contributed by atoms with Gasteiger partial charge in [-0.1, -0.05) is 30.3 Å². The Morgan fingerprint density at radius 2 is 2.12 bits per heavy atom. The monoisotopic (exact) mass is 337 g/mol.